The maximum Gasteiger partial charge on any atom is 0.251 e. The Kier molecular flexibility index (Phi) is 5.04. The van der Waals surface area contributed by atoms with E-state index in [1.807, 2.05) is 67.6 Å². The molecule has 0 unspecified atom stereocenters. The number of anilines is 2. The summed E-state index contributed by atoms with van der Waals surface area (Å²) in [5, 5.41) is 6.16. The smallest absolute Gasteiger partial charge is 0.251 e. The Morgan fingerprint density at radius 1 is 0.947 bits per heavy atom. The molecule has 2 N–H and O–H groups in total. The van der Waals surface area contributed by atoms with Crippen LogP contribution in [0.1, 0.15) is 47.7 Å². The molecule has 3 aromatic rings. The van der Waals surface area contributed by atoms with Crippen molar-refractivity contribution in [2.24, 2.45) is 5.92 Å². The molecule has 2 saturated heterocycles. The molecule has 2 amide bonds. The Labute approximate surface area is 221 Å². The van der Waals surface area contributed by atoms with Crippen LogP contribution in [0.3, 0.4) is 0 Å². The number of benzene rings is 3. The van der Waals surface area contributed by atoms with Gasteiger partial charge in [0, 0.05) is 28.5 Å². The first-order chi connectivity index (χ1) is 18.5. The molecule has 2 fully saturated rings. The van der Waals surface area contributed by atoms with Gasteiger partial charge >= 0.3 is 0 Å². The molecule has 7 nitrogen and oxygen atoms in total. The van der Waals surface area contributed by atoms with E-state index in [-0.39, 0.29) is 23.6 Å². The third-order valence-electron chi connectivity index (χ3n) is 8.88. The fourth-order valence-corrected chi connectivity index (χ4v) is 7.67. The van der Waals surface area contributed by atoms with Crippen LogP contribution in [0.2, 0.25) is 0 Å². The molecule has 38 heavy (non-hydrogen) atoms. The summed E-state index contributed by atoms with van der Waals surface area (Å²) in [6, 6.07) is 22.1. The summed E-state index contributed by atoms with van der Waals surface area (Å²) in [6.07, 6.45) is 2.44. The highest BCUT2D eigenvalue weighted by Crippen LogP contribution is 2.67. The van der Waals surface area contributed by atoms with E-state index in [1.165, 1.54) is 0 Å². The number of fused-ring (bicyclic) bond motifs is 7. The molecule has 0 saturated carbocycles. The summed E-state index contributed by atoms with van der Waals surface area (Å²) in [4.78, 5) is 45.6. The summed E-state index contributed by atoms with van der Waals surface area (Å²) >= 11 is 0. The van der Waals surface area contributed by atoms with Crippen molar-refractivity contribution in [1.82, 2.24) is 4.90 Å². The van der Waals surface area contributed by atoms with Gasteiger partial charge in [0.25, 0.3) is 5.91 Å². The molecule has 0 aliphatic carbocycles. The highest BCUT2D eigenvalue weighted by molar-refractivity contribution is 6.21. The minimum Gasteiger partial charge on any atom is -0.494 e. The lowest BCUT2D eigenvalue weighted by Gasteiger charge is -2.43. The van der Waals surface area contributed by atoms with Crippen molar-refractivity contribution in [2.75, 3.05) is 23.8 Å². The van der Waals surface area contributed by atoms with Crippen LogP contribution in [-0.4, -0.2) is 41.7 Å². The number of ketones is 1. The predicted octanol–water partition coefficient (Wildman–Crippen LogP) is 4.49. The summed E-state index contributed by atoms with van der Waals surface area (Å²) in [5.74, 6) is -0.802. The van der Waals surface area contributed by atoms with Crippen molar-refractivity contribution in [2.45, 2.75) is 43.2 Å². The van der Waals surface area contributed by atoms with E-state index in [0.717, 1.165) is 24.8 Å². The summed E-state index contributed by atoms with van der Waals surface area (Å²) in [5.41, 5.74) is 0.564. The van der Waals surface area contributed by atoms with Gasteiger partial charge in [0.15, 0.2) is 5.78 Å². The second-order valence-corrected chi connectivity index (χ2v) is 10.6. The largest absolute Gasteiger partial charge is 0.494 e. The predicted molar refractivity (Wildman–Crippen MR) is 143 cm³/mol. The molecule has 0 bridgehead atoms. The van der Waals surface area contributed by atoms with E-state index in [0.29, 0.717) is 41.4 Å². The van der Waals surface area contributed by atoms with Gasteiger partial charge in [-0.1, -0.05) is 55.5 Å². The van der Waals surface area contributed by atoms with Crippen LogP contribution in [0.15, 0.2) is 72.8 Å². The fraction of sp³-hybridized carbons (Fsp3) is 0.323. The Bertz CT molecular complexity index is 1500. The van der Waals surface area contributed by atoms with Crippen molar-refractivity contribution in [3.05, 3.63) is 89.5 Å². The number of rotatable bonds is 5. The van der Waals surface area contributed by atoms with Gasteiger partial charge in [-0.05, 0) is 55.6 Å². The number of ether oxygens (including phenoxy) is 1. The highest BCUT2D eigenvalue weighted by atomic mass is 16.5. The summed E-state index contributed by atoms with van der Waals surface area (Å²) in [7, 11) is 0. The molecule has 4 atom stereocenters. The normalized spacial score (nSPS) is 28.8. The van der Waals surface area contributed by atoms with E-state index in [4.69, 9.17) is 4.74 Å². The lowest BCUT2D eigenvalue weighted by Crippen LogP contribution is -2.62. The van der Waals surface area contributed by atoms with Gasteiger partial charge in [0.2, 0.25) is 5.91 Å². The van der Waals surface area contributed by atoms with E-state index in [9.17, 15) is 14.4 Å². The van der Waals surface area contributed by atoms with Crippen LogP contribution in [0.25, 0.3) is 0 Å². The SMILES string of the molecule is CCCOc1cccc(C(=O)[C@@H]2[C@@H]3CCCN3[C@]3(C(=O)Nc4ccccc43)[C@@]23C(=O)Nc2ccccc23)c1. The molecular weight excluding hydrogens is 478 g/mol. The third-order valence-corrected chi connectivity index (χ3v) is 8.88. The first-order valence-corrected chi connectivity index (χ1v) is 13.4. The summed E-state index contributed by atoms with van der Waals surface area (Å²) in [6.45, 7) is 3.22. The van der Waals surface area contributed by atoms with Crippen LogP contribution in [0.4, 0.5) is 11.4 Å². The van der Waals surface area contributed by atoms with E-state index < -0.39 is 16.9 Å². The van der Waals surface area contributed by atoms with Crippen molar-refractivity contribution in [3.8, 4) is 5.75 Å². The first kappa shape index (κ1) is 23.2. The number of para-hydroxylation sites is 2. The zero-order valence-electron chi connectivity index (χ0n) is 21.2. The minimum absolute atomic E-state index is 0.134. The van der Waals surface area contributed by atoms with Crippen LogP contribution < -0.4 is 15.4 Å². The third kappa shape index (κ3) is 2.69. The molecule has 4 heterocycles. The second kappa shape index (κ2) is 8.27. The van der Waals surface area contributed by atoms with Gasteiger partial charge in [-0.15, -0.1) is 0 Å². The van der Waals surface area contributed by atoms with Gasteiger partial charge in [-0.3, -0.25) is 19.3 Å². The lowest BCUT2D eigenvalue weighted by molar-refractivity contribution is -0.137. The monoisotopic (exact) mass is 507 g/mol. The highest BCUT2D eigenvalue weighted by Gasteiger charge is 2.81. The molecule has 7 rings (SSSR count). The average Bonchev–Trinajstić information content (AvgIpc) is 3.66. The number of carbonyl (C=O) groups excluding carboxylic acids is 3. The minimum atomic E-state index is -1.43. The molecule has 0 aromatic heterocycles. The van der Waals surface area contributed by atoms with Crippen LogP contribution >= 0.6 is 0 Å². The van der Waals surface area contributed by atoms with E-state index >= 15 is 0 Å². The zero-order valence-corrected chi connectivity index (χ0v) is 21.2. The van der Waals surface area contributed by atoms with Crippen LogP contribution in [-0.2, 0) is 20.5 Å². The van der Waals surface area contributed by atoms with E-state index in [1.54, 1.807) is 12.1 Å². The number of amides is 2. The van der Waals surface area contributed by atoms with E-state index in [2.05, 4.69) is 15.5 Å². The molecule has 0 radical (unpaired) electrons. The quantitative estimate of drug-likeness (QED) is 0.497. The topological polar surface area (TPSA) is 87.7 Å². The Balaban J connectivity index is 1.51. The van der Waals surface area contributed by atoms with Crippen LogP contribution in [0.5, 0.6) is 5.75 Å². The van der Waals surface area contributed by atoms with Gasteiger partial charge in [0.1, 0.15) is 16.7 Å². The molecule has 7 heteroatoms. The lowest BCUT2D eigenvalue weighted by atomic mass is 9.57. The average molecular weight is 508 g/mol. The Morgan fingerprint density at radius 2 is 1.66 bits per heavy atom. The molecule has 4 aliphatic heterocycles. The number of Topliss-reactive ketones (excluding diaryl/α,β-unsaturated/α-hetero) is 1. The molecule has 4 aliphatic rings. The standard InChI is InChI=1S/C31H29N3O4/c1-2-17-38-20-10-7-9-19(18-20)27(35)26-25-15-8-16-34(25)31(22-12-4-6-14-24(22)33-29(31)37)30(26)21-11-3-5-13-23(21)32-28(30)36/h3-7,9-14,18,25-26H,2,8,15-17H2,1H3,(H,32,36)(H,33,37)/t25-,26-,30+,31+/m0/s1. The molecule has 2 spiro atoms. The fourth-order valence-electron chi connectivity index (χ4n) is 7.67. The van der Waals surface area contributed by atoms with Crippen molar-refractivity contribution >= 4 is 29.0 Å². The maximum atomic E-state index is 14.7. The van der Waals surface area contributed by atoms with Gasteiger partial charge in [-0.25, -0.2) is 0 Å². The number of nitrogens with zero attached hydrogens (tertiary/aromatic N) is 1. The molecular formula is C31H29N3O4. The van der Waals surface area contributed by atoms with Gasteiger partial charge < -0.3 is 15.4 Å². The number of hydrogen-bond donors (Lipinski definition) is 2. The molecule has 3 aromatic carbocycles. The molecule has 192 valence electrons. The van der Waals surface area contributed by atoms with Gasteiger partial charge in [-0.2, -0.15) is 0 Å². The maximum absolute atomic E-state index is 14.7. The van der Waals surface area contributed by atoms with Crippen molar-refractivity contribution in [1.29, 1.82) is 0 Å². The Hall–Kier alpha value is -3.97. The second-order valence-electron chi connectivity index (χ2n) is 10.6. The van der Waals surface area contributed by atoms with Gasteiger partial charge in [0.05, 0.1) is 12.5 Å². The van der Waals surface area contributed by atoms with Crippen LogP contribution in [0, 0.1) is 5.92 Å². The first-order valence-electron chi connectivity index (χ1n) is 13.4. The number of nitrogens with one attached hydrogen (secondary N) is 2. The number of carbonyl (C=O) groups is 3. The van der Waals surface area contributed by atoms with Crippen molar-refractivity contribution in [3.63, 3.8) is 0 Å². The summed E-state index contributed by atoms with van der Waals surface area (Å²) < 4.78 is 5.84. The zero-order chi connectivity index (χ0) is 26.1. The Morgan fingerprint density at radius 3 is 2.45 bits per heavy atom. The van der Waals surface area contributed by atoms with Crippen molar-refractivity contribution < 1.29 is 19.1 Å². The number of hydrogen-bond acceptors (Lipinski definition) is 5.